The summed E-state index contributed by atoms with van der Waals surface area (Å²) in [6, 6.07) is 6.55. The molecule has 3 rings (SSSR count). The third-order valence-corrected chi connectivity index (χ3v) is 3.24. The molecule has 1 N–H and O–H groups in total. The van der Waals surface area contributed by atoms with Crippen molar-refractivity contribution in [2.75, 3.05) is 5.32 Å². The van der Waals surface area contributed by atoms with Crippen molar-refractivity contribution in [3.8, 4) is 5.69 Å². The van der Waals surface area contributed by atoms with E-state index in [0.717, 1.165) is 10.0 Å². The molecule has 0 saturated carbocycles. The van der Waals surface area contributed by atoms with Crippen LogP contribution >= 0.6 is 15.9 Å². The van der Waals surface area contributed by atoms with Gasteiger partial charge in [-0.15, -0.1) is 5.10 Å². The molecule has 8 heteroatoms. The molecule has 2 aromatic heterocycles. The van der Waals surface area contributed by atoms with Gasteiger partial charge in [-0.3, -0.25) is 4.98 Å². The summed E-state index contributed by atoms with van der Waals surface area (Å²) in [5.74, 6) is -0.338. The molecule has 106 valence electrons. The van der Waals surface area contributed by atoms with E-state index in [0.29, 0.717) is 17.9 Å². The first-order valence-electron chi connectivity index (χ1n) is 6.08. The van der Waals surface area contributed by atoms with Gasteiger partial charge in [-0.1, -0.05) is 0 Å². The van der Waals surface area contributed by atoms with E-state index in [1.165, 1.54) is 17.1 Å². The third-order valence-electron chi connectivity index (χ3n) is 2.81. The van der Waals surface area contributed by atoms with Crippen molar-refractivity contribution in [1.29, 1.82) is 0 Å². The smallest absolute Gasteiger partial charge is 0.146 e. The van der Waals surface area contributed by atoms with Crippen molar-refractivity contribution >= 4 is 21.6 Å². The first kappa shape index (κ1) is 13.6. The average molecular weight is 349 g/mol. The van der Waals surface area contributed by atoms with Crippen LogP contribution in [0.1, 0.15) is 5.56 Å². The first-order chi connectivity index (χ1) is 10.2. The summed E-state index contributed by atoms with van der Waals surface area (Å²) in [7, 11) is 0. The second-order valence-corrected chi connectivity index (χ2v) is 5.20. The lowest BCUT2D eigenvalue weighted by molar-refractivity contribution is 0.629. The van der Waals surface area contributed by atoms with E-state index in [2.05, 4.69) is 41.8 Å². The van der Waals surface area contributed by atoms with Crippen molar-refractivity contribution < 1.29 is 4.39 Å². The second kappa shape index (κ2) is 5.96. The maximum atomic E-state index is 13.8. The number of tetrazole rings is 1. The maximum absolute atomic E-state index is 13.8. The van der Waals surface area contributed by atoms with E-state index in [1.54, 1.807) is 24.5 Å². The van der Waals surface area contributed by atoms with Crippen LogP contribution in [-0.2, 0) is 6.54 Å². The number of rotatable bonds is 4. The lowest BCUT2D eigenvalue weighted by Crippen LogP contribution is -2.04. The zero-order chi connectivity index (χ0) is 14.7. The van der Waals surface area contributed by atoms with Gasteiger partial charge in [0.2, 0.25) is 0 Å². The van der Waals surface area contributed by atoms with Gasteiger partial charge in [-0.25, -0.2) is 9.07 Å². The maximum Gasteiger partial charge on any atom is 0.146 e. The minimum atomic E-state index is -0.338. The van der Waals surface area contributed by atoms with Gasteiger partial charge in [0.05, 0.1) is 11.4 Å². The Kier molecular flexibility index (Phi) is 3.87. The summed E-state index contributed by atoms with van der Waals surface area (Å²) in [5.41, 5.74) is 2.00. The largest absolute Gasteiger partial charge is 0.378 e. The van der Waals surface area contributed by atoms with Crippen LogP contribution in [0.25, 0.3) is 5.69 Å². The van der Waals surface area contributed by atoms with E-state index >= 15 is 0 Å². The van der Waals surface area contributed by atoms with E-state index in [4.69, 9.17) is 0 Å². The quantitative estimate of drug-likeness (QED) is 0.784. The zero-order valence-corrected chi connectivity index (χ0v) is 12.3. The minimum Gasteiger partial charge on any atom is -0.378 e. The molecule has 0 fully saturated rings. The Morgan fingerprint density at radius 1 is 1.24 bits per heavy atom. The van der Waals surface area contributed by atoms with Crippen molar-refractivity contribution in [3.05, 3.63) is 58.8 Å². The number of nitrogens with one attached hydrogen (secondary N) is 1. The van der Waals surface area contributed by atoms with Gasteiger partial charge in [0.1, 0.15) is 12.1 Å². The van der Waals surface area contributed by atoms with Crippen molar-refractivity contribution in [2.45, 2.75) is 6.54 Å². The predicted molar refractivity (Wildman–Crippen MR) is 78.4 cm³/mol. The summed E-state index contributed by atoms with van der Waals surface area (Å²) in [4.78, 5) is 4.07. The average Bonchev–Trinajstić information content (AvgIpc) is 3.01. The number of aromatic nitrogens is 5. The van der Waals surface area contributed by atoms with Crippen LogP contribution in [0.4, 0.5) is 10.1 Å². The topological polar surface area (TPSA) is 68.5 Å². The van der Waals surface area contributed by atoms with Crippen molar-refractivity contribution in [3.63, 3.8) is 0 Å². The van der Waals surface area contributed by atoms with Gasteiger partial charge in [-0.05, 0) is 56.2 Å². The number of halogens is 2. The Hall–Kier alpha value is -2.35. The molecule has 0 amide bonds. The first-order valence-corrected chi connectivity index (χ1v) is 6.88. The molecule has 3 aromatic rings. The summed E-state index contributed by atoms with van der Waals surface area (Å²) in [6.45, 7) is 0.461. The number of nitrogens with zero attached hydrogens (tertiary/aromatic N) is 5. The Morgan fingerprint density at radius 2 is 2.14 bits per heavy atom. The van der Waals surface area contributed by atoms with Gasteiger partial charge in [0.25, 0.3) is 0 Å². The monoisotopic (exact) mass is 348 g/mol. The lowest BCUT2D eigenvalue weighted by Gasteiger charge is -2.09. The van der Waals surface area contributed by atoms with Crippen molar-refractivity contribution in [2.24, 2.45) is 0 Å². The Labute approximate surface area is 128 Å². The van der Waals surface area contributed by atoms with Gasteiger partial charge >= 0.3 is 0 Å². The lowest BCUT2D eigenvalue weighted by atomic mass is 10.2. The van der Waals surface area contributed by atoms with E-state index in [1.807, 2.05) is 6.07 Å². The standard InChI is InChI=1S/C13H10BrFN6/c14-10-3-9(5-16-7-10)6-17-13-4-11(1-2-12(13)15)21-8-18-19-20-21/h1-5,7-8,17H,6H2. The number of anilines is 1. The Balaban J connectivity index is 1.80. The Bertz CT molecular complexity index is 746. The fourth-order valence-electron chi connectivity index (χ4n) is 1.82. The minimum absolute atomic E-state index is 0.338. The highest BCUT2D eigenvalue weighted by atomic mass is 79.9. The van der Waals surface area contributed by atoms with Crippen LogP contribution < -0.4 is 5.32 Å². The summed E-state index contributed by atoms with van der Waals surface area (Å²) in [6.07, 6.45) is 4.87. The number of hydrogen-bond acceptors (Lipinski definition) is 5. The SMILES string of the molecule is Fc1ccc(-n2cnnn2)cc1NCc1cncc(Br)c1. The summed E-state index contributed by atoms with van der Waals surface area (Å²) >= 11 is 3.35. The zero-order valence-electron chi connectivity index (χ0n) is 10.7. The molecule has 0 bridgehead atoms. The molecule has 2 heterocycles. The van der Waals surface area contributed by atoms with Crippen LogP contribution in [0.2, 0.25) is 0 Å². The molecule has 0 aliphatic rings. The van der Waals surface area contributed by atoms with Crippen LogP contribution in [0.3, 0.4) is 0 Å². The molecular weight excluding hydrogens is 339 g/mol. The van der Waals surface area contributed by atoms with E-state index in [9.17, 15) is 4.39 Å². The van der Waals surface area contributed by atoms with Gasteiger partial charge in [-0.2, -0.15) is 0 Å². The molecule has 1 aromatic carbocycles. The number of pyridine rings is 1. The fraction of sp³-hybridized carbons (Fsp3) is 0.0769. The van der Waals surface area contributed by atoms with E-state index < -0.39 is 0 Å². The molecule has 0 aliphatic carbocycles. The summed E-state index contributed by atoms with van der Waals surface area (Å²) < 4.78 is 16.2. The van der Waals surface area contributed by atoms with Crippen LogP contribution in [0, 0.1) is 5.82 Å². The van der Waals surface area contributed by atoms with Gasteiger partial charge in [0.15, 0.2) is 0 Å². The number of hydrogen-bond donors (Lipinski definition) is 1. The summed E-state index contributed by atoms with van der Waals surface area (Å²) in [5, 5.41) is 13.9. The highest BCUT2D eigenvalue weighted by molar-refractivity contribution is 9.10. The van der Waals surface area contributed by atoms with Crippen LogP contribution in [0.15, 0.2) is 47.5 Å². The van der Waals surface area contributed by atoms with Gasteiger partial charge in [0, 0.05) is 23.4 Å². The highest BCUT2D eigenvalue weighted by Gasteiger charge is 2.06. The molecule has 0 radical (unpaired) electrons. The molecule has 6 nitrogen and oxygen atoms in total. The molecular formula is C13H10BrFN6. The molecule has 0 unspecified atom stereocenters. The normalized spacial score (nSPS) is 10.6. The molecule has 0 aliphatic heterocycles. The number of benzene rings is 1. The molecule has 21 heavy (non-hydrogen) atoms. The van der Waals surface area contributed by atoms with Crippen LogP contribution in [-0.4, -0.2) is 25.2 Å². The third kappa shape index (κ3) is 3.22. The predicted octanol–water partition coefficient (Wildman–Crippen LogP) is 2.57. The second-order valence-electron chi connectivity index (χ2n) is 4.28. The van der Waals surface area contributed by atoms with Gasteiger partial charge < -0.3 is 5.32 Å². The molecule has 0 saturated heterocycles. The molecule has 0 atom stereocenters. The Morgan fingerprint density at radius 3 is 2.90 bits per heavy atom. The van der Waals surface area contributed by atoms with Crippen LogP contribution in [0.5, 0.6) is 0 Å². The van der Waals surface area contributed by atoms with E-state index in [-0.39, 0.29) is 5.82 Å². The highest BCUT2D eigenvalue weighted by Crippen LogP contribution is 2.19. The molecule has 0 spiro atoms. The van der Waals surface area contributed by atoms with Crippen molar-refractivity contribution in [1.82, 2.24) is 25.2 Å². The fourth-order valence-corrected chi connectivity index (χ4v) is 2.23.